The van der Waals surface area contributed by atoms with Crippen molar-refractivity contribution >= 4 is 11.7 Å². The lowest BCUT2D eigenvalue weighted by Gasteiger charge is -2.34. The Kier molecular flexibility index (Phi) is 5.40. The number of benzene rings is 1. The third-order valence-electron chi connectivity index (χ3n) is 6.46. The first-order valence-corrected chi connectivity index (χ1v) is 11.1. The topological polar surface area (TPSA) is 78.0 Å². The second-order valence-corrected chi connectivity index (χ2v) is 8.52. The van der Waals surface area contributed by atoms with Crippen molar-refractivity contribution in [3.05, 3.63) is 70.9 Å². The summed E-state index contributed by atoms with van der Waals surface area (Å²) in [5.41, 5.74) is 4.25. The Balaban J connectivity index is 1.33. The number of nitrogens with zero attached hydrogens (tertiary/aromatic N) is 5. The number of hydrogen-bond acceptors (Lipinski definition) is 5. The van der Waals surface area contributed by atoms with Crippen LogP contribution in [0.2, 0.25) is 0 Å². The molecule has 0 aliphatic carbocycles. The number of carbonyl (C=O) groups is 1. The van der Waals surface area contributed by atoms with Crippen LogP contribution in [0.15, 0.2) is 42.6 Å². The van der Waals surface area contributed by atoms with Gasteiger partial charge in [0.2, 0.25) is 0 Å². The van der Waals surface area contributed by atoms with Crippen molar-refractivity contribution in [3.63, 3.8) is 0 Å². The Labute approximate surface area is 182 Å². The number of anilines is 1. The quantitative estimate of drug-likeness (QED) is 0.705. The molecule has 0 bridgehead atoms. The smallest absolute Gasteiger partial charge is 0.271 e. The second kappa shape index (κ2) is 8.49. The van der Waals surface area contributed by atoms with E-state index in [-0.39, 0.29) is 11.8 Å². The Morgan fingerprint density at radius 1 is 1.10 bits per heavy atom. The van der Waals surface area contributed by atoms with Gasteiger partial charge in [-0.25, -0.2) is 9.97 Å². The van der Waals surface area contributed by atoms with Crippen LogP contribution in [0.3, 0.4) is 0 Å². The molecule has 4 heterocycles. The minimum Gasteiger partial charge on any atom is -0.352 e. The third-order valence-corrected chi connectivity index (χ3v) is 6.46. The molecule has 1 amide bonds. The van der Waals surface area contributed by atoms with Crippen LogP contribution in [0.25, 0.3) is 0 Å². The van der Waals surface area contributed by atoms with Gasteiger partial charge in [0.25, 0.3) is 5.91 Å². The molecule has 0 unspecified atom stereocenters. The van der Waals surface area contributed by atoms with Gasteiger partial charge in [0, 0.05) is 49.6 Å². The lowest BCUT2D eigenvalue weighted by Crippen LogP contribution is -2.38. The van der Waals surface area contributed by atoms with E-state index in [1.807, 2.05) is 4.90 Å². The van der Waals surface area contributed by atoms with Crippen LogP contribution in [0, 0.1) is 6.92 Å². The molecule has 7 heteroatoms. The Bertz CT molecular complexity index is 1040. The van der Waals surface area contributed by atoms with E-state index in [1.165, 1.54) is 11.1 Å². The molecule has 2 aliphatic heterocycles. The largest absolute Gasteiger partial charge is 0.352 e. The fourth-order valence-electron chi connectivity index (χ4n) is 4.74. The molecule has 1 fully saturated rings. The predicted molar refractivity (Wildman–Crippen MR) is 119 cm³/mol. The minimum absolute atomic E-state index is 0.0209. The molecule has 0 atom stereocenters. The molecule has 31 heavy (non-hydrogen) atoms. The first-order valence-electron chi connectivity index (χ1n) is 11.1. The van der Waals surface area contributed by atoms with E-state index in [9.17, 15) is 4.79 Å². The molecule has 2 aromatic heterocycles. The van der Waals surface area contributed by atoms with Crippen LogP contribution in [-0.2, 0) is 13.0 Å². The van der Waals surface area contributed by atoms with E-state index in [2.05, 4.69) is 52.4 Å². The summed E-state index contributed by atoms with van der Waals surface area (Å²) < 4.78 is 0. The van der Waals surface area contributed by atoms with Gasteiger partial charge >= 0.3 is 0 Å². The van der Waals surface area contributed by atoms with Gasteiger partial charge < -0.3 is 9.80 Å². The number of rotatable bonds is 4. The van der Waals surface area contributed by atoms with Crippen LogP contribution in [0.5, 0.6) is 0 Å². The van der Waals surface area contributed by atoms with Crippen molar-refractivity contribution in [1.29, 1.82) is 0 Å². The monoisotopic (exact) mass is 416 g/mol. The van der Waals surface area contributed by atoms with Gasteiger partial charge in [0.05, 0.1) is 0 Å². The average Bonchev–Trinajstić information content (AvgIpc) is 3.35. The van der Waals surface area contributed by atoms with E-state index in [4.69, 9.17) is 9.97 Å². The van der Waals surface area contributed by atoms with Crippen molar-refractivity contribution < 1.29 is 4.79 Å². The molecule has 1 N–H and O–H groups in total. The molecule has 5 rings (SSSR count). The first-order chi connectivity index (χ1) is 15.2. The number of hydrogen-bond donors (Lipinski definition) is 1. The lowest BCUT2D eigenvalue weighted by atomic mass is 9.94. The number of fused-ring (bicyclic) bond motifs is 1. The summed E-state index contributed by atoms with van der Waals surface area (Å²) >= 11 is 0. The molecular formula is C24H28N6O. The van der Waals surface area contributed by atoms with Gasteiger partial charge in [0.1, 0.15) is 17.3 Å². The summed E-state index contributed by atoms with van der Waals surface area (Å²) in [7, 11) is 0. The summed E-state index contributed by atoms with van der Waals surface area (Å²) in [6.07, 6.45) is 5.57. The summed E-state index contributed by atoms with van der Waals surface area (Å²) in [4.78, 5) is 26.9. The van der Waals surface area contributed by atoms with Crippen molar-refractivity contribution in [1.82, 2.24) is 25.1 Å². The molecule has 0 radical (unpaired) electrons. The maximum absolute atomic E-state index is 12.6. The van der Waals surface area contributed by atoms with Crippen molar-refractivity contribution in [3.8, 4) is 0 Å². The highest BCUT2D eigenvalue weighted by Crippen LogP contribution is 2.33. The number of H-pyrrole nitrogens is 1. The van der Waals surface area contributed by atoms with E-state index >= 15 is 0 Å². The van der Waals surface area contributed by atoms with Gasteiger partial charge in [-0.2, -0.15) is 5.10 Å². The van der Waals surface area contributed by atoms with Gasteiger partial charge in [-0.05, 0) is 44.2 Å². The number of piperidine rings is 1. The molecule has 0 saturated carbocycles. The Hall–Kier alpha value is -3.22. The molecule has 7 nitrogen and oxygen atoms in total. The van der Waals surface area contributed by atoms with Gasteiger partial charge in [-0.1, -0.05) is 30.3 Å². The molecule has 1 aromatic carbocycles. The van der Waals surface area contributed by atoms with Crippen LogP contribution in [-0.4, -0.2) is 50.6 Å². The number of carbonyl (C=O) groups excluding carboxylic acids is 1. The fourth-order valence-corrected chi connectivity index (χ4v) is 4.74. The first kappa shape index (κ1) is 19.7. The third kappa shape index (κ3) is 4.04. The predicted octanol–water partition coefficient (Wildman–Crippen LogP) is 3.48. The summed E-state index contributed by atoms with van der Waals surface area (Å²) in [6.45, 7) is 5.45. The van der Waals surface area contributed by atoms with Crippen molar-refractivity contribution in [2.75, 3.05) is 24.5 Å². The molecule has 2 aliphatic rings. The SMILES string of the molecule is Cc1nc(C2CCN(C(=O)c3ccn[nH]3)CC2)nc2c1CCCN2Cc1ccccc1. The van der Waals surface area contributed by atoms with E-state index in [0.29, 0.717) is 5.69 Å². The maximum atomic E-state index is 12.6. The highest BCUT2D eigenvalue weighted by molar-refractivity contribution is 5.92. The maximum Gasteiger partial charge on any atom is 0.271 e. The summed E-state index contributed by atoms with van der Waals surface area (Å²) in [5.74, 6) is 2.35. The van der Waals surface area contributed by atoms with E-state index in [0.717, 1.165) is 69.2 Å². The number of likely N-dealkylation sites (tertiary alicyclic amines) is 1. The minimum atomic E-state index is 0.0209. The van der Waals surface area contributed by atoms with Gasteiger partial charge in [0.15, 0.2) is 0 Å². The second-order valence-electron chi connectivity index (χ2n) is 8.52. The van der Waals surface area contributed by atoms with Crippen LogP contribution in [0.1, 0.15) is 58.3 Å². The molecule has 3 aromatic rings. The lowest BCUT2D eigenvalue weighted by molar-refractivity contribution is 0.0705. The zero-order chi connectivity index (χ0) is 21.2. The number of amides is 1. The normalized spacial score (nSPS) is 16.9. The standard InChI is InChI=1S/C24H28N6O/c1-17-20-8-5-13-30(16-18-6-3-2-4-7-18)23(20)27-22(26-17)19-10-14-29(15-11-19)24(31)21-9-12-25-28-21/h2-4,6-7,9,12,19H,5,8,10-11,13-16H2,1H3,(H,25,28). The number of aromatic nitrogens is 4. The Morgan fingerprint density at radius 2 is 1.90 bits per heavy atom. The zero-order valence-electron chi connectivity index (χ0n) is 17.9. The van der Waals surface area contributed by atoms with Gasteiger partial charge in [-0.3, -0.25) is 9.89 Å². The molecule has 160 valence electrons. The highest BCUT2D eigenvalue weighted by atomic mass is 16.2. The van der Waals surface area contributed by atoms with Crippen LogP contribution >= 0.6 is 0 Å². The fraction of sp³-hybridized carbons (Fsp3) is 0.417. The van der Waals surface area contributed by atoms with Crippen molar-refractivity contribution in [2.45, 2.75) is 45.1 Å². The molecule has 1 saturated heterocycles. The summed E-state index contributed by atoms with van der Waals surface area (Å²) in [6, 6.07) is 12.3. The van der Waals surface area contributed by atoms with Crippen LogP contribution < -0.4 is 4.90 Å². The van der Waals surface area contributed by atoms with Gasteiger partial charge in [-0.15, -0.1) is 0 Å². The molecule has 0 spiro atoms. The Morgan fingerprint density at radius 3 is 2.65 bits per heavy atom. The number of aryl methyl sites for hydroxylation is 1. The average molecular weight is 417 g/mol. The van der Waals surface area contributed by atoms with Crippen molar-refractivity contribution in [2.24, 2.45) is 0 Å². The zero-order valence-corrected chi connectivity index (χ0v) is 17.9. The van der Waals surface area contributed by atoms with Crippen LogP contribution in [0.4, 0.5) is 5.82 Å². The molecular weight excluding hydrogens is 388 g/mol. The number of aromatic amines is 1. The van der Waals surface area contributed by atoms with E-state index < -0.39 is 0 Å². The highest BCUT2D eigenvalue weighted by Gasteiger charge is 2.29. The summed E-state index contributed by atoms with van der Waals surface area (Å²) in [5, 5.41) is 6.66. The number of nitrogens with one attached hydrogen (secondary N) is 1. The van der Waals surface area contributed by atoms with E-state index in [1.54, 1.807) is 12.3 Å².